The molecular weight excluding hydrogens is 254 g/mol. The highest BCUT2D eigenvalue weighted by molar-refractivity contribution is 5.92. The molecule has 2 amide bonds. The Kier molecular flexibility index (Phi) is 3.74. The van der Waals surface area contributed by atoms with E-state index in [0.717, 1.165) is 4.68 Å². The molecular formula is C10H13N5O4. The second kappa shape index (κ2) is 5.46. The van der Waals surface area contributed by atoms with Gasteiger partial charge >= 0.3 is 5.97 Å². The lowest BCUT2D eigenvalue weighted by atomic mass is 10.2. The molecule has 9 nitrogen and oxygen atoms in total. The number of rotatable bonds is 5. The predicted octanol–water partition coefficient (Wildman–Crippen LogP) is -1.63. The minimum Gasteiger partial charge on any atom is -0.480 e. The van der Waals surface area contributed by atoms with Crippen molar-refractivity contribution in [1.82, 2.24) is 25.6 Å². The molecule has 1 aliphatic heterocycles. The van der Waals surface area contributed by atoms with Gasteiger partial charge < -0.3 is 15.7 Å². The van der Waals surface area contributed by atoms with Gasteiger partial charge in [0, 0.05) is 19.0 Å². The van der Waals surface area contributed by atoms with E-state index in [2.05, 4.69) is 20.9 Å². The quantitative estimate of drug-likeness (QED) is 0.588. The van der Waals surface area contributed by atoms with E-state index in [1.54, 1.807) is 0 Å². The Hall–Kier alpha value is -2.45. The summed E-state index contributed by atoms with van der Waals surface area (Å²) in [5.74, 6) is -1.53. The molecule has 19 heavy (non-hydrogen) atoms. The maximum absolute atomic E-state index is 11.7. The third kappa shape index (κ3) is 3.50. The van der Waals surface area contributed by atoms with E-state index >= 15 is 0 Å². The van der Waals surface area contributed by atoms with Gasteiger partial charge in [-0.05, 0) is 6.42 Å². The molecule has 0 radical (unpaired) electrons. The number of carboxylic acids is 1. The van der Waals surface area contributed by atoms with Gasteiger partial charge in [0.2, 0.25) is 5.91 Å². The molecule has 2 heterocycles. The van der Waals surface area contributed by atoms with Crippen molar-refractivity contribution in [2.24, 2.45) is 0 Å². The summed E-state index contributed by atoms with van der Waals surface area (Å²) < 4.78 is 1.06. The molecule has 0 saturated carbocycles. The predicted molar refractivity (Wildman–Crippen MR) is 61.2 cm³/mol. The molecule has 1 fully saturated rings. The number of amides is 2. The molecule has 1 aromatic heterocycles. The van der Waals surface area contributed by atoms with Crippen molar-refractivity contribution in [2.45, 2.75) is 25.4 Å². The zero-order valence-corrected chi connectivity index (χ0v) is 10.00. The van der Waals surface area contributed by atoms with E-state index in [1.807, 2.05) is 0 Å². The molecule has 0 bridgehead atoms. The van der Waals surface area contributed by atoms with E-state index in [4.69, 9.17) is 5.11 Å². The van der Waals surface area contributed by atoms with Crippen molar-refractivity contribution in [1.29, 1.82) is 0 Å². The van der Waals surface area contributed by atoms with Gasteiger partial charge in [0.1, 0.15) is 6.54 Å². The van der Waals surface area contributed by atoms with Crippen molar-refractivity contribution < 1.29 is 19.5 Å². The maximum Gasteiger partial charge on any atom is 0.325 e. The fraction of sp³-hybridized carbons (Fsp3) is 0.500. The third-order valence-corrected chi connectivity index (χ3v) is 2.66. The molecule has 1 unspecified atom stereocenters. The van der Waals surface area contributed by atoms with Gasteiger partial charge in [-0.15, -0.1) is 5.10 Å². The maximum atomic E-state index is 11.7. The summed E-state index contributed by atoms with van der Waals surface area (Å²) in [4.78, 5) is 33.1. The minimum absolute atomic E-state index is 0.0216. The van der Waals surface area contributed by atoms with Crippen molar-refractivity contribution in [3.63, 3.8) is 0 Å². The number of hydrogen-bond donors (Lipinski definition) is 3. The Bertz CT molecular complexity index is 512. The Balaban J connectivity index is 1.84. The van der Waals surface area contributed by atoms with Gasteiger partial charge in [0.15, 0.2) is 5.69 Å². The van der Waals surface area contributed by atoms with E-state index < -0.39 is 11.9 Å². The van der Waals surface area contributed by atoms with Crippen LogP contribution in [-0.2, 0) is 16.1 Å². The molecule has 1 aromatic rings. The van der Waals surface area contributed by atoms with Crippen molar-refractivity contribution in [3.8, 4) is 0 Å². The van der Waals surface area contributed by atoms with Crippen LogP contribution in [0.5, 0.6) is 0 Å². The van der Waals surface area contributed by atoms with E-state index in [9.17, 15) is 14.4 Å². The minimum atomic E-state index is -1.06. The summed E-state index contributed by atoms with van der Waals surface area (Å²) in [6, 6.07) is -0.0643. The highest BCUT2D eigenvalue weighted by Crippen LogP contribution is 2.05. The second-order valence-electron chi connectivity index (χ2n) is 4.21. The van der Waals surface area contributed by atoms with Crippen LogP contribution in [0.4, 0.5) is 0 Å². The van der Waals surface area contributed by atoms with Crippen LogP contribution < -0.4 is 10.6 Å². The number of carbonyl (C=O) groups is 3. The van der Waals surface area contributed by atoms with Gasteiger partial charge in [0.05, 0.1) is 6.20 Å². The Morgan fingerprint density at radius 1 is 1.58 bits per heavy atom. The lowest BCUT2D eigenvalue weighted by Gasteiger charge is -2.09. The van der Waals surface area contributed by atoms with E-state index in [-0.39, 0.29) is 24.2 Å². The summed E-state index contributed by atoms with van der Waals surface area (Å²) in [5.41, 5.74) is 0.0468. The fourth-order valence-electron chi connectivity index (χ4n) is 1.76. The van der Waals surface area contributed by atoms with Gasteiger partial charge in [-0.3, -0.25) is 14.4 Å². The van der Waals surface area contributed by atoms with Crippen LogP contribution in [0.2, 0.25) is 0 Å². The molecule has 1 atom stereocenters. The number of hydrogen-bond acceptors (Lipinski definition) is 5. The van der Waals surface area contributed by atoms with Crippen LogP contribution in [0.15, 0.2) is 6.20 Å². The standard InChI is InChI=1S/C10H13N5O4/c16-8-2-1-6(12-8)3-11-10(19)7-4-15(14-13-7)5-9(17)18/h4,6H,1-3,5H2,(H,11,19)(H,12,16)(H,17,18). The average molecular weight is 267 g/mol. The van der Waals surface area contributed by atoms with Crippen molar-refractivity contribution in [2.75, 3.05) is 6.54 Å². The first-order valence-corrected chi connectivity index (χ1v) is 5.74. The third-order valence-electron chi connectivity index (χ3n) is 2.66. The molecule has 1 saturated heterocycles. The normalized spacial score (nSPS) is 18.1. The van der Waals surface area contributed by atoms with Crippen LogP contribution in [0, 0.1) is 0 Å². The zero-order valence-electron chi connectivity index (χ0n) is 10.00. The molecule has 1 aliphatic rings. The highest BCUT2D eigenvalue weighted by Gasteiger charge is 2.21. The number of aromatic nitrogens is 3. The Morgan fingerprint density at radius 2 is 2.37 bits per heavy atom. The Labute approximate surface area is 108 Å². The van der Waals surface area contributed by atoms with Crippen LogP contribution in [0.1, 0.15) is 23.3 Å². The first-order valence-electron chi connectivity index (χ1n) is 5.74. The van der Waals surface area contributed by atoms with Gasteiger partial charge in [-0.2, -0.15) is 0 Å². The fourth-order valence-corrected chi connectivity index (χ4v) is 1.76. The van der Waals surface area contributed by atoms with Crippen LogP contribution in [0.3, 0.4) is 0 Å². The number of carboxylic acid groups (broad SMARTS) is 1. The molecule has 0 aliphatic carbocycles. The van der Waals surface area contributed by atoms with Crippen molar-refractivity contribution in [3.05, 3.63) is 11.9 Å². The largest absolute Gasteiger partial charge is 0.480 e. The van der Waals surface area contributed by atoms with Crippen LogP contribution in [-0.4, -0.2) is 50.5 Å². The number of aliphatic carboxylic acids is 1. The first kappa shape index (κ1) is 13.0. The molecule has 2 rings (SSSR count). The monoisotopic (exact) mass is 267 g/mol. The first-order chi connectivity index (χ1) is 9.04. The SMILES string of the molecule is O=C(O)Cn1cc(C(=O)NCC2CCC(=O)N2)nn1. The van der Waals surface area contributed by atoms with Crippen molar-refractivity contribution >= 4 is 17.8 Å². The molecule has 9 heteroatoms. The molecule has 102 valence electrons. The lowest BCUT2D eigenvalue weighted by molar-refractivity contribution is -0.137. The van der Waals surface area contributed by atoms with Crippen LogP contribution in [0.25, 0.3) is 0 Å². The van der Waals surface area contributed by atoms with E-state index in [0.29, 0.717) is 19.4 Å². The smallest absolute Gasteiger partial charge is 0.325 e. The van der Waals surface area contributed by atoms with Crippen LogP contribution >= 0.6 is 0 Å². The topological polar surface area (TPSA) is 126 Å². The molecule has 3 N–H and O–H groups in total. The summed E-state index contributed by atoms with van der Waals surface area (Å²) in [6.07, 6.45) is 2.41. The summed E-state index contributed by atoms with van der Waals surface area (Å²) in [7, 11) is 0. The Morgan fingerprint density at radius 3 is 3.00 bits per heavy atom. The van der Waals surface area contributed by atoms with Gasteiger partial charge in [0.25, 0.3) is 5.91 Å². The highest BCUT2D eigenvalue weighted by atomic mass is 16.4. The lowest BCUT2D eigenvalue weighted by Crippen LogP contribution is -2.38. The average Bonchev–Trinajstić information content (AvgIpc) is 2.95. The second-order valence-corrected chi connectivity index (χ2v) is 4.21. The summed E-state index contributed by atoms with van der Waals surface area (Å²) in [5, 5.41) is 21.0. The molecule has 0 aromatic carbocycles. The number of nitrogens with zero attached hydrogens (tertiary/aromatic N) is 3. The van der Waals surface area contributed by atoms with Gasteiger partial charge in [-0.1, -0.05) is 5.21 Å². The number of nitrogens with one attached hydrogen (secondary N) is 2. The van der Waals surface area contributed by atoms with Gasteiger partial charge in [-0.25, -0.2) is 4.68 Å². The summed E-state index contributed by atoms with van der Waals surface area (Å²) in [6.45, 7) is -0.0324. The number of carbonyl (C=O) groups excluding carboxylic acids is 2. The zero-order chi connectivity index (χ0) is 13.8. The van der Waals surface area contributed by atoms with E-state index in [1.165, 1.54) is 6.20 Å². The molecule has 0 spiro atoms. The summed E-state index contributed by atoms with van der Waals surface area (Å²) >= 11 is 0.